The molecule has 0 aliphatic heterocycles. The van der Waals surface area contributed by atoms with Gasteiger partial charge in [-0.15, -0.1) is 0 Å². The molecule has 0 aliphatic rings. The van der Waals surface area contributed by atoms with E-state index >= 15 is 0 Å². The van der Waals surface area contributed by atoms with E-state index in [0.717, 1.165) is 30.4 Å². The van der Waals surface area contributed by atoms with Gasteiger partial charge in [0.2, 0.25) is 11.8 Å². The SMILES string of the molecule is COc1cc(C)c(CC=O)cn1.COc1cc(C)c(CCN(C)C)cn1. The monoisotopic (exact) mass is 359 g/mol. The fraction of sp³-hybridized carbons (Fsp3) is 0.450. The van der Waals surface area contributed by atoms with Crippen LogP contribution >= 0.6 is 0 Å². The Balaban J connectivity index is 0.000000263. The molecule has 0 saturated heterocycles. The lowest BCUT2D eigenvalue weighted by Gasteiger charge is -2.11. The number of methoxy groups -OCH3 is 2. The Bertz CT molecular complexity index is 703. The average Bonchev–Trinajstić information content (AvgIpc) is 2.62. The molecule has 0 radical (unpaired) electrons. The van der Waals surface area contributed by atoms with Gasteiger partial charge in [-0.05, 0) is 56.6 Å². The maximum atomic E-state index is 10.2. The molecule has 2 aromatic rings. The second kappa shape index (κ2) is 11.2. The Morgan fingerprint density at radius 3 is 1.85 bits per heavy atom. The second-order valence-corrected chi connectivity index (χ2v) is 6.23. The van der Waals surface area contributed by atoms with Crippen LogP contribution in [0.3, 0.4) is 0 Å². The molecule has 0 aromatic carbocycles. The van der Waals surface area contributed by atoms with E-state index in [-0.39, 0.29) is 0 Å². The van der Waals surface area contributed by atoms with Gasteiger partial charge in [0, 0.05) is 37.5 Å². The first-order valence-electron chi connectivity index (χ1n) is 8.48. The molecular formula is C20H29N3O3. The summed E-state index contributed by atoms with van der Waals surface area (Å²) in [7, 11) is 7.36. The summed E-state index contributed by atoms with van der Waals surface area (Å²) in [4.78, 5) is 20.6. The normalized spacial score (nSPS) is 10.1. The number of aromatic nitrogens is 2. The van der Waals surface area contributed by atoms with Gasteiger partial charge >= 0.3 is 0 Å². The lowest BCUT2D eigenvalue weighted by molar-refractivity contribution is -0.107. The van der Waals surface area contributed by atoms with Crippen LogP contribution in [-0.4, -0.2) is 56.0 Å². The van der Waals surface area contributed by atoms with Crippen molar-refractivity contribution in [3.63, 3.8) is 0 Å². The number of pyridine rings is 2. The smallest absolute Gasteiger partial charge is 0.213 e. The highest BCUT2D eigenvalue weighted by Crippen LogP contribution is 2.14. The van der Waals surface area contributed by atoms with Crippen molar-refractivity contribution in [3.05, 3.63) is 46.8 Å². The highest BCUT2D eigenvalue weighted by Gasteiger charge is 2.02. The predicted molar refractivity (Wildman–Crippen MR) is 103 cm³/mol. The van der Waals surface area contributed by atoms with Crippen LogP contribution in [-0.2, 0) is 17.6 Å². The van der Waals surface area contributed by atoms with Crippen molar-refractivity contribution in [2.45, 2.75) is 26.7 Å². The zero-order valence-electron chi connectivity index (χ0n) is 16.6. The number of carbonyl (C=O) groups is 1. The first kappa shape index (κ1) is 21.6. The third kappa shape index (κ3) is 7.19. The number of aldehydes is 1. The molecule has 0 amide bonds. The summed E-state index contributed by atoms with van der Waals surface area (Å²) in [6.45, 7) is 5.08. The van der Waals surface area contributed by atoms with Crippen molar-refractivity contribution in [2.24, 2.45) is 0 Å². The van der Waals surface area contributed by atoms with Crippen LogP contribution < -0.4 is 9.47 Å². The minimum absolute atomic E-state index is 0.419. The predicted octanol–water partition coefficient (Wildman–Crippen LogP) is 2.64. The molecule has 2 rings (SSSR count). The largest absolute Gasteiger partial charge is 0.481 e. The minimum atomic E-state index is 0.419. The van der Waals surface area contributed by atoms with Crippen molar-refractivity contribution in [2.75, 3.05) is 34.9 Å². The van der Waals surface area contributed by atoms with Crippen LogP contribution in [0.15, 0.2) is 24.5 Å². The Morgan fingerprint density at radius 2 is 1.46 bits per heavy atom. The number of rotatable bonds is 7. The Kier molecular flexibility index (Phi) is 9.30. The number of hydrogen-bond acceptors (Lipinski definition) is 6. The fourth-order valence-electron chi connectivity index (χ4n) is 2.25. The number of carbonyl (C=O) groups excluding carboxylic acids is 1. The van der Waals surface area contributed by atoms with Crippen LogP contribution in [0.4, 0.5) is 0 Å². The Hall–Kier alpha value is -2.47. The first-order chi connectivity index (χ1) is 12.4. The van der Waals surface area contributed by atoms with Gasteiger partial charge < -0.3 is 19.2 Å². The van der Waals surface area contributed by atoms with Gasteiger partial charge in [0.05, 0.1) is 14.2 Å². The van der Waals surface area contributed by atoms with Gasteiger partial charge in [-0.25, -0.2) is 9.97 Å². The number of aryl methyl sites for hydroxylation is 2. The Morgan fingerprint density at radius 1 is 0.962 bits per heavy atom. The number of likely N-dealkylation sites (N-methyl/N-ethyl adjacent to an activating group) is 1. The molecule has 26 heavy (non-hydrogen) atoms. The van der Waals surface area contributed by atoms with Gasteiger partial charge in [-0.1, -0.05) is 0 Å². The maximum absolute atomic E-state index is 10.2. The molecule has 0 aliphatic carbocycles. The molecule has 6 heteroatoms. The van der Waals surface area contributed by atoms with Crippen molar-refractivity contribution in [3.8, 4) is 11.8 Å². The molecule has 0 N–H and O–H groups in total. The van der Waals surface area contributed by atoms with E-state index < -0.39 is 0 Å². The molecule has 0 bridgehead atoms. The van der Waals surface area contributed by atoms with E-state index in [4.69, 9.17) is 9.47 Å². The standard InChI is InChI=1S/C11H18N2O.C9H11NO2/c1-9-7-11(14-4)12-8-10(9)5-6-13(2)3;1-7-5-9(12-2)10-6-8(7)3-4-11/h7-8H,5-6H2,1-4H3;4-6H,3H2,1-2H3. The van der Waals surface area contributed by atoms with Gasteiger partial charge in [0.15, 0.2) is 0 Å². The summed E-state index contributed by atoms with van der Waals surface area (Å²) in [6, 6.07) is 3.80. The fourth-order valence-corrected chi connectivity index (χ4v) is 2.25. The van der Waals surface area contributed by atoms with E-state index in [1.54, 1.807) is 20.4 Å². The van der Waals surface area contributed by atoms with Crippen molar-refractivity contribution in [1.29, 1.82) is 0 Å². The highest BCUT2D eigenvalue weighted by molar-refractivity contribution is 5.55. The van der Waals surface area contributed by atoms with E-state index in [1.807, 2.05) is 25.3 Å². The summed E-state index contributed by atoms with van der Waals surface area (Å²) in [6.07, 6.45) is 5.90. The zero-order valence-corrected chi connectivity index (χ0v) is 16.6. The molecule has 0 saturated carbocycles. The number of hydrogen-bond donors (Lipinski definition) is 0. The lowest BCUT2D eigenvalue weighted by Crippen LogP contribution is -2.15. The molecule has 6 nitrogen and oxygen atoms in total. The lowest BCUT2D eigenvalue weighted by atomic mass is 10.1. The molecule has 0 unspecified atom stereocenters. The summed E-state index contributed by atoms with van der Waals surface area (Å²) >= 11 is 0. The zero-order chi connectivity index (χ0) is 19.5. The van der Waals surface area contributed by atoms with Gasteiger partial charge in [0.1, 0.15) is 6.29 Å². The van der Waals surface area contributed by atoms with E-state index in [1.165, 1.54) is 11.1 Å². The van der Waals surface area contributed by atoms with E-state index in [9.17, 15) is 4.79 Å². The third-order valence-corrected chi connectivity index (χ3v) is 3.94. The maximum Gasteiger partial charge on any atom is 0.213 e. The van der Waals surface area contributed by atoms with Crippen molar-refractivity contribution in [1.82, 2.24) is 14.9 Å². The highest BCUT2D eigenvalue weighted by atomic mass is 16.5. The summed E-state index contributed by atoms with van der Waals surface area (Å²) < 4.78 is 9.98. The average molecular weight is 359 g/mol. The van der Waals surface area contributed by atoms with Crippen LogP contribution in [0.5, 0.6) is 11.8 Å². The summed E-state index contributed by atoms with van der Waals surface area (Å²) in [5, 5.41) is 0. The van der Waals surface area contributed by atoms with Crippen LogP contribution in [0, 0.1) is 13.8 Å². The molecular weight excluding hydrogens is 330 g/mol. The van der Waals surface area contributed by atoms with Gasteiger partial charge in [0.25, 0.3) is 0 Å². The minimum Gasteiger partial charge on any atom is -0.481 e. The van der Waals surface area contributed by atoms with Gasteiger partial charge in [-0.3, -0.25) is 0 Å². The number of ether oxygens (including phenoxy) is 2. The molecule has 2 heterocycles. The van der Waals surface area contributed by atoms with E-state index in [2.05, 4.69) is 35.9 Å². The van der Waals surface area contributed by atoms with Gasteiger partial charge in [-0.2, -0.15) is 0 Å². The molecule has 0 fully saturated rings. The summed E-state index contributed by atoms with van der Waals surface area (Å²) in [5.41, 5.74) is 4.53. The summed E-state index contributed by atoms with van der Waals surface area (Å²) in [5.74, 6) is 1.28. The van der Waals surface area contributed by atoms with Crippen LogP contribution in [0.2, 0.25) is 0 Å². The quantitative estimate of drug-likeness (QED) is 0.708. The first-order valence-corrected chi connectivity index (χ1v) is 8.48. The van der Waals surface area contributed by atoms with Crippen LogP contribution in [0.25, 0.3) is 0 Å². The number of nitrogens with zero attached hydrogens (tertiary/aromatic N) is 3. The van der Waals surface area contributed by atoms with E-state index in [0.29, 0.717) is 18.2 Å². The van der Waals surface area contributed by atoms with Crippen LogP contribution in [0.1, 0.15) is 22.3 Å². The third-order valence-electron chi connectivity index (χ3n) is 3.94. The molecule has 0 atom stereocenters. The molecule has 0 spiro atoms. The van der Waals surface area contributed by atoms with Crippen molar-refractivity contribution < 1.29 is 14.3 Å². The topological polar surface area (TPSA) is 64.6 Å². The second-order valence-electron chi connectivity index (χ2n) is 6.23. The molecule has 142 valence electrons. The Labute approximate surface area is 156 Å². The van der Waals surface area contributed by atoms with Crippen molar-refractivity contribution >= 4 is 6.29 Å². The molecule has 2 aromatic heterocycles.